The summed E-state index contributed by atoms with van der Waals surface area (Å²) in [6.07, 6.45) is 0. The molecule has 0 bridgehead atoms. The molecule has 0 heterocycles. The zero-order valence-electron chi connectivity index (χ0n) is 7.36. The normalized spacial score (nSPS) is 13.2. The van der Waals surface area contributed by atoms with Gasteiger partial charge in [0, 0.05) is 0 Å². The number of rotatable bonds is 1. The van der Waals surface area contributed by atoms with Gasteiger partial charge >= 0.3 is 0 Å². The highest BCUT2D eigenvalue weighted by Gasteiger charge is 2.10. The minimum Gasteiger partial charge on any atom is -0.283 e. The van der Waals surface area contributed by atoms with Crippen LogP contribution in [0.3, 0.4) is 0 Å². The molecule has 3 heteroatoms. The summed E-state index contributed by atoms with van der Waals surface area (Å²) in [5.74, 6) is 2.39. The molecule has 1 unspecified atom stereocenters. The highest BCUT2D eigenvalue weighted by molar-refractivity contribution is 6.84. The molecule has 0 rings (SSSR count). The molecule has 0 radical (unpaired) electrons. The molecule has 1 nitrogen and oxygen atoms in total. The number of hydrogen-bond donors (Lipinski definition) is 0. The van der Waals surface area contributed by atoms with Gasteiger partial charge in [-0.05, 0) is 12.8 Å². The predicted molar refractivity (Wildman–Crippen MR) is 51.4 cm³/mol. The van der Waals surface area contributed by atoms with Gasteiger partial charge in [0.05, 0.1) is 0 Å². The molecule has 0 aromatic rings. The molecule has 0 amide bonds. The lowest BCUT2D eigenvalue weighted by atomic mass is 10.3. The molecule has 0 fully saturated rings. The number of ketones is 1. The van der Waals surface area contributed by atoms with E-state index in [0.29, 0.717) is 0 Å². The zero-order chi connectivity index (χ0) is 9.07. The standard InChI is InChI=1S/C8H13ClOSi/c1-7(9)8(10)5-6-11(2,3)4/h7H,1-4H3. The molecule has 1 atom stereocenters. The zero-order valence-corrected chi connectivity index (χ0v) is 9.12. The first kappa shape index (κ1) is 10.7. The van der Waals surface area contributed by atoms with Crippen LogP contribution in [-0.4, -0.2) is 19.2 Å². The fraction of sp³-hybridized carbons (Fsp3) is 0.625. The summed E-state index contributed by atoms with van der Waals surface area (Å²) >= 11 is 5.52. The van der Waals surface area contributed by atoms with Crippen molar-refractivity contribution in [2.75, 3.05) is 0 Å². The summed E-state index contributed by atoms with van der Waals surface area (Å²) in [6, 6.07) is 0. The van der Waals surface area contributed by atoms with Gasteiger partial charge in [-0.3, -0.25) is 4.79 Å². The Labute approximate surface area is 74.1 Å². The third-order valence-corrected chi connectivity index (χ3v) is 2.00. The van der Waals surface area contributed by atoms with E-state index in [1.807, 2.05) is 0 Å². The summed E-state index contributed by atoms with van der Waals surface area (Å²) in [5, 5.41) is -0.473. The minimum absolute atomic E-state index is 0.172. The van der Waals surface area contributed by atoms with E-state index in [1.165, 1.54) is 0 Å². The summed E-state index contributed by atoms with van der Waals surface area (Å²) in [6.45, 7) is 7.91. The first-order valence-electron chi connectivity index (χ1n) is 3.54. The van der Waals surface area contributed by atoms with Crippen molar-refractivity contribution in [3.05, 3.63) is 0 Å². The molecule has 0 aliphatic heterocycles. The summed E-state index contributed by atoms with van der Waals surface area (Å²) in [5.41, 5.74) is 2.96. The van der Waals surface area contributed by atoms with Crippen molar-refractivity contribution in [2.24, 2.45) is 0 Å². The van der Waals surface area contributed by atoms with E-state index in [1.54, 1.807) is 6.92 Å². The number of alkyl halides is 1. The SMILES string of the molecule is CC(Cl)C(=O)C#C[Si](C)(C)C. The van der Waals surface area contributed by atoms with E-state index in [-0.39, 0.29) is 5.78 Å². The Bertz CT molecular complexity index is 204. The number of halogens is 1. The van der Waals surface area contributed by atoms with E-state index < -0.39 is 13.5 Å². The maximum atomic E-state index is 10.9. The average molecular weight is 189 g/mol. The number of carbonyl (C=O) groups is 1. The maximum absolute atomic E-state index is 10.9. The summed E-state index contributed by atoms with van der Waals surface area (Å²) in [4.78, 5) is 10.9. The second-order valence-corrected chi connectivity index (χ2v) is 8.88. The second-order valence-electron chi connectivity index (χ2n) is 3.48. The average Bonchev–Trinajstić information content (AvgIpc) is 1.80. The van der Waals surface area contributed by atoms with Gasteiger partial charge in [0.15, 0.2) is 0 Å². The molecular weight excluding hydrogens is 176 g/mol. The quantitative estimate of drug-likeness (QED) is 0.350. The Morgan fingerprint density at radius 1 is 1.45 bits per heavy atom. The monoisotopic (exact) mass is 188 g/mol. The molecule has 0 aliphatic carbocycles. The van der Waals surface area contributed by atoms with Gasteiger partial charge in [0.1, 0.15) is 13.5 Å². The van der Waals surface area contributed by atoms with Crippen LogP contribution in [0.25, 0.3) is 0 Å². The van der Waals surface area contributed by atoms with Gasteiger partial charge in [-0.2, -0.15) is 0 Å². The van der Waals surface area contributed by atoms with Crippen molar-refractivity contribution >= 4 is 25.5 Å². The molecule has 0 aromatic carbocycles. The van der Waals surface area contributed by atoms with Crippen molar-refractivity contribution in [2.45, 2.75) is 31.9 Å². The molecule has 0 spiro atoms. The van der Waals surface area contributed by atoms with Crippen molar-refractivity contribution in [1.29, 1.82) is 0 Å². The molecule has 0 saturated carbocycles. The van der Waals surface area contributed by atoms with Crippen molar-refractivity contribution in [1.82, 2.24) is 0 Å². The van der Waals surface area contributed by atoms with Gasteiger partial charge < -0.3 is 0 Å². The van der Waals surface area contributed by atoms with Crippen LogP contribution in [-0.2, 0) is 4.79 Å². The summed E-state index contributed by atoms with van der Waals surface area (Å²) < 4.78 is 0. The van der Waals surface area contributed by atoms with Crippen LogP contribution in [0.15, 0.2) is 0 Å². The smallest absolute Gasteiger partial charge is 0.222 e. The highest BCUT2D eigenvalue weighted by atomic mass is 35.5. The molecule has 0 aromatic heterocycles. The first-order valence-corrected chi connectivity index (χ1v) is 7.47. The van der Waals surface area contributed by atoms with Gasteiger partial charge in [-0.25, -0.2) is 0 Å². The summed E-state index contributed by atoms with van der Waals surface area (Å²) in [7, 11) is -1.41. The lowest BCUT2D eigenvalue weighted by Crippen LogP contribution is -2.18. The Morgan fingerprint density at radius 3 is 2.18 bits per heavy atom. The number of Topliss-reactive ketones (excluding diaryl/α,β-unsaturated/α-hetero) is 1. The Hall–Kier alpha value is -0.263. The van der Waals surface area contributed by atoms with E-state index >= 15 is 0 Å². The predicted octanol–water partition coefficient (Wildman–Crippen LogP) is 2.06. The van der Waals surface area contributed by atoms with Crippen LogP contribution in [0.1, 0.15) is 6.92 Å². The van der Waals surface area contributed by atoms with E-state index in [2.05, 4.69) is 31.1 Å². The lowest BCUT2D eigenvalue weighted by Gasteiger charge is -2.02. The maximum Gasteiger partial charge on any atom is 0.222 e. The molecule has 0 saturated heterocycles. The third-order valence-electron chi connectivity index (χ3n) is 0.922. The van der Waals surface area contributed by atoms with Crippen LogP contribution in [0, 0.1) is 11.5 Å². The molecule has 0 aliphatic rings. The molecule has 11 heavy (non-hydrogen) atoms. The van der Waals surface area contributed by atoms with Gasteiger partial charge in [0.2, 0.25) is 5.78 Å². The lowest BCUT2D eigenvalue weighted by molar-refractivity contribution is -0.113. The molecular formula is C8H13ClOSi. The largest absolute Gasteiger partial charge is 0.283 e. The van der Waals surface area contributed by atoms with E-state index in [0.717, 1.165) is 0 Å². The van der Waals surface area contributed by atoms with Gasteiger partial charge in [-0.1, -0.05) is 19.6 Å². The molecule has 62 valence electrons. The number of carbonyl (C=O) groups excluding carboxylic acids is 1. The van der Waals surface area contributed by atoms with Crippen LogP contribution in [0.4, 0.5) is 0 Å². The molecule has 0 N–H and O–H groups in total. The second kappa shape index (κ2) is 3.94. The topological polar surface area (TPSA) is 17.1 Å². The Kier molecular flexibility index (Phi) is 3.84. The van der Waals surface area contributed by atoms with Crippen molar-refractivity contribution in [3.8, 4) is 11.5 Å². The van der Waals surface area contributed by atoms with Gasteiger partial charge in [-0.15, -0.1) is 17.1 Å². The third kappa shape index (κ3) is 6.15. The Morgan fingerprint density at radius 2 is 1.91 bits per heavy atom. The van der Waals surface area contributed by atoms with Crippen LogP contribution in [0.5, 0.6) is 0 Å². The van der Waals surface area contributed by atoms with Gasteiger partial charge in [0.25, 0.3) is 0 Å². The van der Waals surface area contributed by atoms with Crippen LogP contribution < -0.4 is 0 Å². The van der Waals surface area contributed by atoms with Crippen molar-refractivity contribution in [3.63, 3.8) is 0 Å². The van der Waals surface area contributed by atoms with Crippen LogP contribution >= 0.6 is 11.6 Å². The van der Waals surface area contributed by atoms with Crippen molar-refractivity contribution < 1.29 is 4.79 Å². The fourth-order valence-corrected chi connectivity index (χ4v) is 0.901. The fourth-order valence-electron chi connectivity index (χ4n) is 0.349. The number of hydrogen-bond acceptors (Lipinski definition) is 1. The minimum atomic E-state index is -1.41. The highest BCUT2D eigenvalue weighted by Crippen LogP contribution is 1.98. The Balaban J connectivity index is 4.20. The first-order chi connectivity index (χ1) is 4.83. The van der Waals surface area contributed by atoms with Crippen LogP contribution in [0.2, 0.25) is 19.6 Å². The van der Waals surface area contributed by atoms with E-state index in [9.17, 15) is 4.79 Å². The van der Waals surface area contributed by atoms with E-state index in [4.69, 9.17) is 11.6 Å².